The average Bonchev–Trinajstić information content (AvgIpc) is 3.45. The minimum absolute atomic E-state index is 0.0625. The molecule has 5 rings (SSSR count). The number of anilines is 3. The highest BCUT2D eigenvalue weighted by Gasteiger charge is 2.29. The molecule has 214 valence electrons. The van der Waals surface area contributed by atoms with E-state index in [0.717, 1.165) is 12.1 Å². The van der Waals surface area contributed by atoms with Crippen molar-refractivity contribution < 1.29 is 38.0 Å². The van der Waals surface area contributed by atoms with Crippen molar-refractivity contribution in [2.45, 2.75) is 12.2 Å². The van der Waals surface area contributed by atoms with Crippen molar-refractivity contribution in [3.05, 3.63) is 115 Å². The summed E-state index contributed by atoms with van der Waals surface area (Å²) >= 11 is 0. The Hall–Kier alpha value is -5.71. The van der Waals surface area contributed by atoms with Crippen LogP contribution >= 0.6 is 0 Å². The number of fused-ring (bicyclic) bond motifs is 1. The summed E-state index contributed by atoms with van der Waals surface area (Å²) in [4.78, 5) is 25.9. The van der Waals surface area contributed by atoms with Gasteiger partial charge in [-0.1, -0.05) is 36.4 Å². The molecule has 5 N–H and O–H groups in total. The Bertz CT molecular complexity index is 1610. The van der Waals surface area contributed by atoms with E-state index < -0.39 is 35.8 Å². The van der Waals surface area contributed by atoms with Gasteiger partial charge in [0.2, 0.25) is 12.7 Å². The van der Waals surface area contributed by atoms with E-state index in [9.17, 15) is 19.1 Å². The van der Waals surface area contributed by atoms with Gasteiger partial charge in [-0.2, -0.15) is 0 Å². The zero-order valence-corrected chi connectivity index (χ0v) is 22.0. The number of nitrogens with one attached hydrogen (secondary N) is 2. The zero-order valence-electron chi connectivity index (χ0n) is 22.0. The molecule has 4 aromatic rings. The number of ether oxygens (including phenoxy) is 4. The van der Waals surface area contributed by atoms with E-state index in [4.69, 9.17) is 24.7 Å². The van der Waals surface area contributed by atoms with Gasteiger partial charge in [0.15, 0.2) is 35.3 Å². The van der Waals surface area contributed by atoms with E-state index >= 15 is 0 Å². The van der Waals surface area contributed by atoms with Crippen LogP contribution in [0.1, 0.15) is 11.7 Å². The van der Waals surface area contributed by atoms with Crippen molar-refractivity contribution in [1.29, 1.82) is 0 Å². The smallest absolute Gasteiger partial charge is 0.412 e. The summed E-state index contributed by atoms with van der Waals surface area (Å²) in [6, 6.07) is 23.7. The Morgan fingerprint density at radius 2 is 1.69 bits per heavy atom. The van der Waals surface area contributed by atoms with Crippen molar-refractivity contribution in [2.75, 3.05) is 23.2 Å². The van der Waals surface area contributed by atoms with E-state index in [-0.39, 0.29) is 12.4 Å². The quantitative estimate of drug-likeness (QED) is 0.146. The van der Waals surface area contributed by atoms with Gasteiger partial charge in [0, 0.05) is 17.8 Å². The summed E-state index contributed by atoms with van der Waals surface area (Å²) in [5, 5.41) is 15.1. The van der Waals surface area contributed by atoms with E-state index in [0.29, 0.717) is 34.3 Å². The molecule has 11 heteroatoms. The lowest BCUT2D eigenvalue weighted by Gasteiger charge is -2.26. The Morgan fingerprint density at radius 1 is 0.929 bits per heavy atom. The standard InChI is InChI=1S/C31H26FN3O7/c32-22-16-19(10-12-25(22)36)30(42-31(38)34-20-11-13-26-28(17-20)40-18-39-26)27(41-21-6-2-1-3-7-21)14-15-29(37)35-24-9-5-4-8-23(24)33/h1-17,27,30,36H,18,33H2,(H,34,38)(H,35,37)/b15-14+/t27-,30-/m1/s1. The molecule has 0 aliphatic carbocycles. The molecule has 0 bridgehead atoms. The molecule has 2 amide bonds. The Kier molecular flexibility index (Phi) is 8.38. The summed E-state index contributed by atoms with van der Waals surface area (Å²) in [6.07, 6.45) is -0.727. The zero-order chi connectivity index (χ0) is 29.5. The minimum Gasteiger partial charge on any atom is -0.505 e. The van der Waals surface area contributed by atoms with Crippen LogP contribution in [-0.2, 0) is 9.53 Å². The number of hydrogen-bond acceptors (Lipinski definition) is 8. The predicted molar refractivity (Wildman–Crippen MR) is 153 cm³/mol. The molecule has 0 fully saturated rings. The van der Waals surface area contributed by atoms with Crippen LogP contribution in [0.15, 0.2) is 103 Å². The SMILES string of the molecule is Nc1ccccc1NC(=O)/C=C/[C@@H](Oc1ccccc1)[C@H](OC(=O)Nc1ccc2c(c1)OCO2)c1ccc(O)c(F)c1. The summed E-state index contributed by atoms with van der Waals surface area (Å²) in [6.45, 7) is 0.0625. The first kappa shape index (κ1) is 27.8. The maximum Gasteiger partial charge on any atom is 0.412 e. The topological polar surface area (TPSA) is 141 Å². The van der Waals surface area contributed by atoms with Crippen LogP contribution in [-0.4, -0.2) is 30.0 Å². The van der Waals surface area contributed by atoms with Crippen molar-refractivity contribution in [2.24, 2.45) is 0 Å². The van der Waals surface area contributed by atoms with Crippen molar-refractivity contribution >= 4 is 29.1 Å². The molecular formula is C31H26FN3O7. The third-order valence-electron chi connectivity index (χ3n) is 6.12. The fourth-order valence-electron chi connectivity index (χ4n) is 4.09. The number of amides is 2. The van der Waals surface area contributed by atoms with Crippen LogP contribution in [0.2, 0.25) is 0 Å². The second-order valence-electron chi connectivity index (χ2n) is 9.06. The minimum atomic E-state index is -1.28. The largest absolute Gasteiger partial charge is 0.505 e. The van der Waals surface area contributed by atoms with Gasteiger partial charge >= 0.3 is 6.09 Å². The lowest BCUT2D eigenvalue weighted by Crippen LogP contribution is -2.30. The molecule has 0 saturated carbocycles. The van der Waals surface area contributed by atoms with Crippen LogP contribution < -0.4 is 30.6 Å². The van der Waals surface area contributed by atoms with Gasteiger partial charge in [-0.05, 0) is 60.2 Å². The number of nitrogens with two attached hydrogens (primary N) is 1. The normalized spacial score (nSPS) is 13.3. The van der Waals surface area contributed by atoms with Crippen LogP contribution in [0, 0.1) is 5.82 Å². The number of aromatic hydroxyl groups is 1. The monoisotopic (exact) mass is 571 g/mol. The average molecular weight is 572 g/mol. The molecule has 0 radical (unpaired) electrons. The van der Waals surface area contributed by atoms with Crippen molar-refractivity contribution in [3.63, 3.8) is 0 Å². The lowest BCUT2D eigenvalue weighted by molar-refractivity contribution is -0.112. The number of carbonyl (C=O) groups is 2. The highest BCUT2D eigenvalue weighted by atomic mass is 19.1. The molecule has 4 aromatic carbocycles. The highest BCUT2D eigenvalue weighted by molar-refractivity contribution is 6.01. The van der Waals surface area contributed by atoms with E-state index in [1.165, 1.54) is 18.2 Å². The van der Waals surface area contributed by atoms with Gasteiger partial charge < -0.3 is 35.1 Å². The van der Waals surface area contributed by atoms with Gasteiger partial charge in [0.05, 0.1) is 11.4 Å². The van der Waals surface area contributed by atoms with E-state index in [1.54, 1.807) is 72.8 Å². The molecule has 0 unspecified atom stereocenters. The third-order valence-corrected chi connectivity index (χ3v) is 6.12. The number of rotatable bonds is 9. The highest BCUT2D eigenvalue weighted by Crippen LogP contribution is 2.35. The molecule has 10 nitrogen and oxygen atoms in total. The molecule has 1 aliphatic rings. The maximum atomic E-state index is 14.5. The number of para-hydroxylation sites is 3. The maximum absolute atomic E-state index is 14.5. The van der Waals surface area contributed by atoms with Crippen LogP contribution in [0.25, 0.3) is 0 Å². The fourth-order valence-corrected chi connectivity index (χ4v) is 4.09. The molecule has 2 atom stereocenters. The molecule has 42 heavy (non-hydrogen) atoms. The Morgan fingerprint density at radius 3 is 2.48 bits per heavy atom. The third kappa shape index (κ3) is 6.89. The number of halogens is 1. The second kappa shape index (κ2) is 12.6. The van der Waals surface area contributed by atoms with Crippen molar-refractivity contribution in [1.82, 2.24) is 0 Å². The molecular weight excluding hydrogens is 545 g/mol. The van der Waals surface area contributed by atoms with Crippen LogP contribution in [0.5, 0.6) is 23.0 Å². The molecule has 0 aromatic heterocycles. The summed E-state index contributed by atoms with van der Waals surface area (Å²) in [5.41, 5.74) is 7.22. The first-order chi connectivity index (χ1) is 20.4. The number of nitrogen functional groups attached to an aromatic ring is 1. The number of hydrogen-bond donors (Lipinski definition) is 4. The Labute approximate surface area is 240 Å². The van der Waals surface area contributed by atoms with Crippen LogP contribution in [0.4, 0.5) is 26.2 Å². The van der Waals surface area contributed by atoms with Gasteiger partial charge in [-0.15, -0.1) is 0 Å². The molecule has 0 spiro atoms. The van der Waals surface area contributed by atoms with Gasteiger partial charge in [-0.3, -0.25) is 10.1 Å². The first-order valence-corrected chi connectivity index (χ1v) is 12.8. The van der Waals surface area contributed by atoms with Gasteiger partial charge in [-0.25, -0.2) is 9.18 Å². The molecule has 1 aliphatic heterocycles. The number of phenolic OH excluding ortho intramolecular Hbond substituents is 1. The van der Waals surface area contributed by atoms with Crippen LogP contribution in [0.3, 0.4) is 0 Å². The summed E-state index contributed by atoms with van der Waals surface area (Å²) in [7, 11) is 0. The lowest BCUT2D eigenvalue weighted by atomic mass is 10.0. The molecule has 0 saturated heterocycles. The number of benzene rings is 4. The number of carbonyl (C=O) groups excluding carboxylic acids is 2. The van der Waals surface area contributed by atoms with E-state index in [1.807, 2.05) is 0 Å². The predicted octanol–water partition coefficient (Wildman–Crippen LogP) is 5.77. The summed E-state index contributed by atoms with van der Waals surface area (Å²) < 4.78 is 37.0. The molecule has 1 heterocycles. The van der Waals surface area contributed by atoms with Gasteiger partial charge in [0.25, 0.3) is 0 Å². The summed E-state index contributed by atoms with van der Waals surface area (Å²) in [5.74, 6) is -0.680. The van der Waals surface area contributed by atoms with Crippen molar-refractivity contribution in [3.8, 4) is 23.0 Å². The second-order valence-corrected chi connectivity index (χ2v) is 9.06. The van der Waals surface area contributed by atoms with E-state index in [2.05, 4.69) is 10.6 Å². The number of phenols is 1. The Balaban J connectivity index is 1.44. The first-order valence-electron chi connectivity index (χ1n) is 12.8. The fraction of sp³-hybridized carbons (Fsp3) is 0.0968. The van der Waals surface area contributed by atoms with Gasteiger partial charge in [0.1, 0.15) is 5.75 Å².